The first-order valence-corrected chi connectivity index (χ1v) is 7.09. The van der Waals surface area contributed by atoms with Crippen LogP contribution in [0.5, 0.6) is 0 Å². The van der Waals surface area contributed by atoms with E-state index in [1.54, 1.807) is 0 Å². The van der Waals surface area contributed by atoms with Gasteiger partial charge in [0.05, 0.1) is 13.7 Å². The topological polar surface area (TPSA) is 114 Å². The van der Waals surface area contributed by atoms with Crippen LogP contribution in [-0.2, 0) is 23.9 Å². The lowest BCUT2D eigenvalue weighted by molar-refractivity contribution is -0.144. The normalized spacial score (nSPS) is 13.0. The SMILES string of the molecule is COC(=O)[C@H](C)NC(=O)[C@@H](CC(C)C)NC(=O)CNC(C)=O. The Balaban J connectivity index is 4.68. The van der Waals surface area contributed by atoms with Crippen LogP contribution in [-0.4, -0.2) is 49.4 Å². The maximum Gasteiger partial charge on any atom is 0.328 e. The highest BCUT2D eigenvalue weighted by molar-refractivity contribution is 5.91. The van der Waals surface area contributed by atoms with E-state index in [4.69, 9.17) is 0 Å². The fraction of sp³-hybridized carbons (Fsp3) is 0.714. The molecule has 8 heteroatoms. The molecule has 0 saturated heterocycles. The summed E-state index contributed by atoms with van der Waals surface area (Å²) in [6.07, 6.45) is 0.408. The van der Waals surface area contributed by atoms with Gasteiger partial charge in [-0.05, 0) is 19.3 Å². The molecule has 0 aromatic carbocycles. The Labute approximate surface area is 130 Å². The summed E-state index contributed by atoms with van der Waals surface area (Å²) in [6.45, 7) is 6.40. The highest BCUT2D eigenvalue weighted by Crippen LogP contribution is 2.05. The van der Waals surface area contributed by atoms with Crippen molar-refractivity contribution in [1.29, 1.82) is 0 Å². The number of esters is 1. The number of carbonyl (C=O) groups excluding carboxylic acids is 4. The second kappa shape index (κ2) is 9.75. The van der Waals surface area contributed by atoms with Gasteiger partial charge >= 0.3 is 5.97 Å². The molecule has 0 aliphatic rings. The molecule has 126 valence electrons. The zero-order valence-corrected chi connectivity index (χ0v) is 13.7. The molecular formula is C14H25N3O5. The van der Waals surface area contributed by atoms with E-state index in [1.807, 2.05) is 13.8 Å². The number of nitrogens with one attached hydrogen (secondary N) is 3. The standard InChI is InChI=1S/C14H25N3O5/c1-8(2)6-11(17-12(19)7-15-10(4)18)13(20)16-9(3)14(21)22-5/h8-9,11H,6-7H2,1-5H3,(H,15,18)(H,16,20)(H,17,19)/t9-,11+/m0/s1. The van der Waals surface area contributed by atoms with E-state index in [2.05, 4.69) is 20.7 Å². The van der Waals surface area contributed by atoms with Crippen molar-refractivity contribution in [1.82, 2.24) is 16.0 Å². The van der Waals surface area contributed by atoms with E-state index in [0.29, 0.717) is 6.42 Å². The zero-order chi connectivity index (χ0) is 17.3. The molecule has 0 aromatic rings. The summed E-state index contributed by atoms with van der Waals surface area (Å²) in [5.74, 6) is -1.68. The van der Waals surface area contributed by atoms with Crippen LogP contribution in [0.25, 0.3) is 0 Å². The lowest BCUT2D eigenvalue weighted by atomic mass is 10.0. The molecule has 0 aliphatic carbocycles. The third-order valence-electron chi connectivity index (χ3n) is 2.77. The van der Waals surface area contributed by atoms with E-state index in [1.165, 1.54) is 21.0 Å². The number of hydrogen-bond acceptors (Lipinski definition) is 5. The van der Waals surface area contributed by atoms with Crippen LogP contribution < -0.4 is 16.0 Å². The van der Waals surface area contributed by atoms with Crippen molar-refractivity contribution < 1.29 is 23.9 Å². The van der Waals surface area contributed by atoms with E-state index < -0.39 is 29.9 Å². The minimum Gasteiger partial charge on any atom is -0.467 e. The number of ether oxygens (including phenoxy) is 1. The summed E-state index contributed by atoms with van der Waals surface area (Å²) < 4.78 is 4.53. The Morgan fingerprint density at radius 2 is 1.64 bits per heavy atom. The minimum atomic E-state index is -0.806. The molecule has 0 rings (SSSR count). The van der Waals surface area contributed by atoms with Gasteiger partial charge in [0, 0.05) is 6.92 Å². The fourth-order valence-corrected chi connectivity index (χ4v) is 1.70. The lowest BCUT2D eigenvalue weighted by Crippen LogP contribution is -2.52. The first-order chi connectivity index (χ1) is 10.2. The van der Waals surface area contributed by atoms with Crippen LogP contribution in [0.15, 0.2) is 0 Å². The van der Waals surface area contributed by atoms with Gasteiger partial charge in [-0.3, -0.25) is 14.4 Å². The molecule has 0 aliphatic heterocycles. The lowest BCUT2D eigenvalue weighted by Gasteiger charge is -2.22. The second-order valence-electron chi connectivity index (χ2n) is 5.41. The molecule has 0 radical (unpaired) electrons. The van der Waals surface area contributed by atoms with Crippen LogP contribution in [0.4, 0.5) is 0 Å². The molecule has 8 nitrogen and oxygen atoms in total. The highest BCUT2D eigenvalue weighted by atomic mass is 16.5. The molecule has 0 fully saturated rings. The summed E-state index contributed by atoms with van der Waals surface area (Å²) >= 11 is 0. The quantitative estimate of drug-likeness (QED) is 0.514. The predicted molar refractivity (Wildman–Crippen MR) is 79.7 cm³/mol. The summed E-state index contributed by atoms with van der Waals surface area (Å²) in [4.78, 5) is 46.0. The van der Waals surface area contributed by atoms with Crippen LogP contribution >= 0.6 is 0 Å². The average molecular weight is 315 g/mol. The Morgan fingerprint density at radius 1 is 1.05 bits per heavy atom. The van der Waals surface area contributed by atoms with Gasteiger partial charge < -0.3 is 20.7 Å². The molecule has 0 bridgehead atoms. The van der Waals surface area contributed by atoms with Gasteiger partial charge in [0.2, 0.25) is 17.7 Å². The summed E-state index contributed by atoms with van der Waals surface area (Å²) in [7, 11) is 1.23. The van der Waals surface area contributed by atoms with Gasteiger partial charge in [0.1, 0.15) is 12.1 Å². The summed E-state index contributed by atoms with van der Waals surface area (Å²) in [6, 6.07) is -1.59. The third-order valence-corrected chi connectivity index (χ3v) is 2.77. The van der Waals surface area contributed by atoms with Gasteiger partial charge in [0.15, 0.2) is 0 Å². The van der Waals surface area contributed by atoms with Gasteiger partial charge in [0.25, 0.3) is 0 Å². The molecule has 2 atom stereocenters. The number of methoxy groups -OCH3 is 1. The highest BCUT2D eigenvalue weighted by Gasteiger charge is 2.25. The van der Waals surface area contributed by atoms with Crippen molar-refractivity contribution >= 4 is 23.7 Å². The van der Waals surface area contributed by atoms with Crippen molar-refractivity contribution in [2.24, 2.45) is 5.92 Å². The molecule has 3 amide bonds. The van der Waals surface area contributed by atoms with Crippen molar-refractivity contribution in [2.45, 2.75) is 46.2 Å². The summed E-state index contributed by atoms with van der Waals surface area (Å²) in [5.41, 5.74) is 0. The Hall–Kier alpha value is -2.12. The number of amides is 3. The second-order valence-corrected chi connectivity index (χ2v) is 5.41. The van der Waals surface area contributed by atoms with Crippen LogP contribution in [0.3, 0.4) is 0 Å². The molecule has 0 aromatic heterocycles. The maximum absolute atomic E-state index is 12.2. The minimum absolute atomic E-state index is 0.158. The number of carbonyl (C=O) groups is 4. The largest absolute Gasteiger partial charge is 0.467 e. The fourth-order valence-electron chi connectivity index (χ4n) is 1.70. The Bertz CT molecular complexity index is 423. The first-order valence-electron chi connectivity index (χ1n) is 7.09. The van der Waals surface area contributed by atoms with E-state index >= 15 is 0 Å². The van der Waals surface area contributed by atoms with Crippen LogP contribution in [0, 0.1) is 5.92 Å². The van der Waals surface area contributed by atoms with Crippen molar-refractivity contribution in [3.8, 4) is 0 Å². The van der Waals surface area contributed by atoms with Crippen LogP contribution in [0.1, 0.15) is 34.1 Å². The number of hydrogen-bond donors (Lipinski definition) is 3. The molecule has 0 saturated carbocycles. The van der Waals surface area contributed by atoms with Crippen molar-refractivity contribution in [3.05, 3.63) is 0 Å². The zero-order valence-electron chi connectivity index (χ0n) is 13.7. The van der Waals surface area contributed by atoms with E-state index in [-0.39, 0.29) is 18.4 Å². The Kier molecular flexibility index (Phi) is 8.81. The van der Waals surface area contributed by atoms with Crippen molar-refractivity contribution in [3.63, 3.8) is 0 Å². The monoisotopic (exact) mass is 315 g/mol. The maximum atomic E-state index is 12.2. The van der Waals surface area contributed by atoms with Gasteiger partial charge in [-0.15, -0.1) is 0 Å². The van der Waals surface area contributed by atoms with Crippen molar-refractivity contribution in [2.75, 3.05) is 13.7 Å². The molecule has 3 N–H and O–H groups in total. The predicted octanol–water partition coefficient (Wildman–Crippen LogP) is -0.669. The van der Waals surface area contributed by atoms with E-state index in [0.717, 1.165) is 0 Å². The molecule has 0 heterocycles. The number of rotatable bonds is 8. The third kappa shape index (κ3) is 8.23. The molecule has 0 spiro atoms. The molecule has 22 heavy (non-hydrogen) atoms. The average Bonchev–Trinajstić information content (AvgIpc) is 2.42. The summed E-state index contributed by atoms with van der Waals surface area (Å²) in [5, 5.41) is 7.39. The van der Waals surface area contributed by atoms with Gasteiger partial charge in [-0.2, -0.15) is 0 Å². The molecule has 0 unspecified atom stereocenters. The Morgan fingerprint density at radius 3 is 2.09 bits per heavy atom. The van der Waals surface area contributed by atoms with E-state index in [9.17, 15) is 19.2 Å². The smallest absolute Gasteiger partial charge is 0.328 e. The first kappa shape index (κ1) is 19.9. The van der Waals surface area contributed by atoms with Gasteiger partial charge in [-0.25, -0.2) is 4.79 Å². The molecular weight excluding hydrogens is 290 g/mol. The van der Waals surface area contributed by atoms with Crippen LogP contribution in [0.2, 0.25) is 0 Å². The van der Waals surface area contributed by atoms with Gasteiger partial charge in [-0.1, -0.05) is 13.8 Å².